The average molecular weight is 160 g/mol. The summed E-state index contributed by atoms with van der Waals surface area (Å²) in [5.41, 5.74) is 12.1. The number of nitrogens with zero attached hydrogens (tertiary/aromatic N) is 2. The number of hydrogen-bond donors (Lipinski definition) is 2. The fourth-order valence-electron chi connectivity index (χ4n) is 0.511. The number of nitrogen functional groups attached to an aromatic ring is 2. The van der Waals surface area contributed by atoms with E-state index in [0.29, 0.717) is 11.4 Å². The fourth-order valence-corrected chi connectivity index (χ4v) is 0.511. The van der Waals surface area contributed by atoms with Crippen molar-refractivity contribution in [3.8, 4) is 12.1 Å². The summed E-state index contributed by atoms with van der Waals surface area (Å²) >= 11 is 0. The van der Waals surface area contributed by atoms with Crippen LogP contribution in [0.4, 0.5) is 11.4 Å². The first-order valence-electron chi connectivity index (χ1n) is 3.10. The van der Waals surface area contributed by atoms with Crippen LogP contribution >= 0.6 is 0 Å². The van der Waals surface area contributed by atoms with Crippen molar-refractivity contribution in [2.45, 2.75) is 0 Å². The first kappa shape index (κ1) is 9.80. The molecular formula is C8H8N4. The Bertz CT molecular complexity index is 286. The molecule has 1 aromatic carbocycles. The predicted octanol–water partition coefficient (Wildman–Crippen LogP) is 0.885. The molecule has 0 heterocycles. The molecule has 4 heteroatoms. The van der Waals surface area contributed by atoms with Gasteiger partial charge in [-0.05, 0) is 12.1 Å². The summed E-state index contributed by atoms with van der Waals surface area (Å²) in [7, 11) is 0. The molecule has 0 saturated carbocycles. The maximum atomic E-state index is 7.26. The number of anilines is 2. The highest BCUT2D eigenvalue weighted by Gasteiger charge is 1.85. The van der Waals surface area contributed by atoms with Crippen molar-refractivity contribution < 1.29 is 0 Å². The Morgan fingerprint density at radius 3 is 1.42 bits per heavy atom. The average Bonchev–Trinajstić information content (AvgIpc) is 2.11. The van der Waals surface area contributed by atoms with Crippen LogP contribution in [0.2, 0.25) is 0 Å². The summed E-state index contributed by atoms with van der Waals surface area (Å²) < 4.78 is 0. The second-order valence-electron chi connectivity index (χ2n) is 1.85. The molecule has 1 rings (SSSR count). The van der Waals surface area contributed by atoms with Gasteiger partial charge in [0.2, 0.25) is 0 Å². The molecule has 4 nitrogen and oxygen atoms in total. The highest BCUT2D eigenvalue weighted by molar-refractivity contribution is 5.62. The molecule has 0 bridgehead atoms. The zero-order valence-corrected chi connectivity index (χ0v) is 6.36. The molecule has 1 aromatic rings. The minimum Gasteiger partial charge on any atom is -0.397 e. The van der Waals surface area contributed by atoms with E-state index >= 15 is 0 Å². The molecule has 0 atom stereocenters. The molecule has 0 aliphatic carbocycles. The van der Waals surface area contributed by atoms with Gasteiger partial charge in [-0.3, -0.25) is 0 Å². The number of benzene rings is 1. The molecule has 0 aliphatic heterocycles. The largest absolute Gasteiger partial charge is 0.397 e. The quantitative estimate of drug-likeness (QED) is 0.550. The van der Waals surface area contributed by atoms with Crippen LogP contribution in [0.5, 0.6) is 0 Å². The van der Waals surface area contributed by atoms with E-state index in [9.17, 15) is 0 Å². The van der Waals surface area contributed by atoms with Gasteiger partial charge in [0.1, 0.15) is 0 Å². The summed E-state index contributed by atoms with van der Waals surface area (Å²) in [6.07, 6.45) is 0. The summed E-state index contributed by atoms with van der Waals surface area (Å²) in [6.45, 7) is 0. The van der Waals surface area contributed by atoms with Crippen molar-refractivity contribution in [2.24, 2.45) is 0 Å². The molecular weight excluding hydrogens is 152 g/mol. The Kier molecular flexibility index (Phi) is 4.55. The van der Waals surface area contributed by atoms with Crippen molar-refractivity contribution in [1.82, 2.24) is 0 Å². The lowest BCUT2D eigenvalue weighted by atomic mass is 10.3. The van der Waals surface area contributed by atoms with E-state index in [1.807, 2.05) is 12.1 Å². The molecule has 60 valence electrons. The smallest absolute Gasteiger partial charge is 0.181 e. The summed E-state index contributed by atoms with van der Waals surface area (Å²) in [4.78, 5) is 0. The summed E-state index contributed by atoms with van der Waals surface area (Å²) in [5.74, 6) is 0. The van der Waals surface area contributed by atoms with E-state index in [1.165, 1.54) is 12.1 Å². The molecule has 0 aromatic heterocycles. The Balaban J connectivity index is 0.000000261. The number of nitriles is 2. The second kappa shape index (κ2) is 5.57. The van der Waals surface area contributed by atoms with E-state index in [4.69, 9.17) is 22.0 Å². The zero-order chi connectivity index (χ0) is 9.40. The van der Waals surface area contributed by atoms with Crippen LogP contribution in [0.25, 0.3) is 0 Å². The second-order valence-corrected chi connectivity index (χ2v) is 1.85. The molecule has 0 aliphatic rings. The maximum Gasteiger partial charge on any atom is 0.181 e. The Morgan fingerprint density at radius 1 is 0.917 bits per heavy atom. The van der Waals surface area contributed by atoms with Crippen molar-refractivity contribution in [3.63, 3.8) is 0 Å². The van der Waals surface area contributed by atoms with Crippen LogP contribution in [0.3, 0.4) is 0 Å². The minimum absolute atomic E-state index is 0.646. The van der Waals surface area contributed by atoms with E-state index in [1.54, 1.807) is 12.1 Å². The van der Waals surface area contributed by atoms with Crippen LogP contribution in [0.1, 0.15) is 0 Å². The van der Waals surface area contributed by atoms with Gasteiger partial charge < -0.3 is 11.5 Å². The summed E-state index contributed by atoms with van der Waals surface area (Å²) in [6, 6.07) is 9.72. The van der Waals surface area contributed by atoms with E-state index in [0.717, 1.165) is 0 Å². The summed E-state index contributed by atoms with van der Waals surface area (Å²) in [5, 5.41) is 14.5. The van der Waals surface area contributed by atoms with Gasteiger partial charge in [0, 0.05) is 0 Å². The number of nitrogens with two attached hydrogens (primary N) is 2. The van der Waals surface area contributed by atoms with Gasteiger partial charge in [0.15, 0.2) is 12.1 Å². The van der Waals surface area contributed by atoms with Crippen LogP contribution in [-0.2, 0) is 0 Å². The minimum atomic E-state index is 0.646. The molecule has 12 heavy (non-hydrogen) atoms. The van der Waals surface area contributed by atoms with Gasteiger partial charge in [-0.25, -0.2) is 0 Å². The van der Waals surface area contributed by atoms with Gasteiger partial charge in [-0.1, -0.05) is 12.1 Å². The van der Waals surface area contributed by atoms with Crippen LogP contribution in [0.15, 0.2) is 24.3 Å². The van der Waals surface area contributed by atoms with Gasteiger partial charge in [0.05, 0.1) is 11.4 Å². The lowest BCUT2D eigenvalue weighted by Gasteiger charge is -1.94. The molecule has 0 spiro atoms. The molecule has 0 unspecified atom stereocenters. The van der Waals surface area contributed by atoms with Gasteiger partial charge in [0.25, 0.3) is 0 Å². The van der Waals surface area contributed by atoms with Crippen LogP contribution < -0.4 is 11.5 Å². The number of rotatable bonds is 0. The van der Waals surface area contributed by atoms with Crippen molar-refractivity contribution in [1.29, 1.82) is 10.5 Å². The first-order valence-corrected chi connectivity index (χ1v) is 3.10. The SMILES string of the molecule is N#CC#N.Nc1ccccc1N. The molecule has 0 saturated heterocycles. The van der Waals surface area contributed by atoms with Gasteiger partial charge in [-0.2, -0.15) is 10.5 Å². The molecule has 0 fully saturated rings. The Morgan fingerprint density at radius 2 is 1.25 bits per heavy atom. The van der Waals surface area contributed by atoms with Crippen molar-refractivity contribution in [3.05, 3.63) is 24.3 Å². The van der Waals surface area contributed by atoms with Crippen LogP contribution in [-0.4, -0.2) is 0 Å². The lowest BCUT2D eigenvalue weighted by molar-refractivity contribution is 1.49. The highest BCUT2D eigenvalue weighted by atomic mass is 14.7. The Hall–Kier alpha value is -2.20. The first-order chi connectivity index (χ1) is 5.72. The lowest BCUT2D eigenvalue weighted by Crippen LogP contribution is -1.91. The predicted molar refractivity (Wildman–Crippen MR) is 46.5 cm³/mol. The third kappa shape index (κ3) is 3.76. The molecule has 0 amide bonds. The normalized spacial score (nSPS) is 6.83. The third-order valence-electron chi connectivity index (χ3n) is 1.05. The van der Waals surface area contributed by atoms with E-state index < -0.39 is 0 Å². The zero-order valence-electron chi connectivity index (χ0n) is 6.36. The number of para-hydroxylation sites is 2. The third-order valence-corrected chi connectivity index (χ3v) is 1.05. The topological polar surface area (TPSA) is 99.6 Å². The van der Waals surface area contributed by atoms with Crippen LogP contribution in [0, 0.1) is 22.7 Å². The van der Waals surface area contributed by atoms with E-state index in [-0.39, 0.29) is 0 Å². The number of hydrogen-bond acceptors (Lipinski definition) is 4. The molecule has 4 N–H and O–H groups in total. The Labute approximate surface area is 70.6 Å². The molecule has 0 radical (unpaired) electrons. The van der Waals surface area contributed by atoms with Crippen molar-refractivity contribution >= 4 is 11.4 Å². The van der Waals surface area contributed by atoms with Gasteiger partial charge in [-0.15, -0.1) is 0 Å². The maximum absolute atomic E-state index is 7.26. The standard InChI is InChI=1S/C6H8N2.C2N2/c7-5-3-1-2-4-6(5)8;3-1-2-4/h1-4H,7-8H2;. The fraction of sp³-hybridized carbons (Fsp3) is 0. The highest BCUT2D eigenvalue weighted by Crippen LogP contribution is 2.10. The van der Waals surface area contributed by atoms with Gasteiger partial charge >= 0.3 is 0 Å². The monoisotopic (exact) mass is 160 g/mol. The van der Waals surface area contributed by atoms with Crippen molar-refractivity contribution in [2.75, 3.05) is 11.5 Å². The van der Waals surface area contributed by atoms with E-state index in [2.05, 4.69) is 0 Å².